The summed E-state index contributed by atoms with van der Waals surface area (Å²) < 4.78 is 0. The van der Waals surface area contributed by atoms with Gasteiger partial charge in [0.25, 0.3) is 0 Å². The molecule has 2 unspecified atom stereocenters. The molecule has 1 aliphatic carbocycles. The van der Waals surface area contributed by atoms with Crippen molar-refractivity contribution in [3.8, 4) is 12.3 Å². The Morgan fingerprint density at radius 3 is 2.80 bits per heavy atom. The molecule has 0 aliphatic heterocycles. The molecule has 0 heteroatoms. The van der Waals surface area contributed by atoms with Gasteiger partial charge in [0.05, 0.1) is 0 Å². The summed E-state index contributed by atoms with van der Waals surface area (Å²) >= 11 is 0. The summed E-state index contributed by atoms with van der Waals surface area (Å²) in [4.78, 5) is 0. The van der Waals surface area contributed by atoms with Crippen LogP contribution in [0.4, 0.5) is 0 Å². The minimum absolute atomic E-state index is 0.938. The molecular formula is C10H16. The van der Waals surface area contributed by atoms with Gasteiger partial charge in [0.2, 0.25) is 0 Å². The van der Waals surface area contributed by atoms with Crippen LogP contribution in [0.5, 0.6) is 0 Å². The van der Waals surface area contributed by atoms with Gasteiger partial charge in [0, 0.05) is 6.42 Å². The maximum Gasteiger partial charge on any atom is 0.00887 e. The van der Waals surface area contributed by atoms with E-state index in [0.29, 0.717) is 0 Å². The van der Waals surface area contributed by atoms with Crippen LogP contribution >= 0.6 is 0 Å². The molecule has 0 nitrogen and oxygen atoms in total. The summed E-state index contributed by atoms with van der Waals surface area (Å²) in [6.07, 6.45) is 11.7. The summed E-state index contributed by atoms with van der Waals surface area (Å²) in [6, 6.07) is 0. The summed E-state index contributed by atoms with van der Waals surface area (Å²) in [5, 5.41) is 0. The number of hydrogen-bond donors (Lipinski definition) is 0. The van der Waals surface area contributed by atoms with E-state index in [-0.39, 0.29) is 0 Å². The quantitative estimate of drug-likeness (QED) is 0.512. The molecule has 0 bridgehead atoms. The summed E-state index contributed by atoms with van der Waals surface area (Å²) in [5.41, 5.74) is 0. The number of rotatable bonds is 2. The van der Waals surface area contributed by atoms with Crippen molar-refractivity contribution in [2.45, 2.75) is 39.0 Å². The Morgan fingerprint density at radius 1 is 1.50 bits per heavy atom. The van der Waals surface area contributed by atoms with Crippen molar-refractivity contribution in [2.24, 2.45) is 11.8 Å². The molecule has 0 heterocycles. The van der Waals surface area contributed by atoms with E-state index in [2.05, 4.69) is 12.8 Å². The molecule has 1 saturated carbocycles. The zero-order chi connectivity index (χ0) is 7.40. The third-order valence-electron chi connectivity index (χ3n) is 2.70. The second-order valence-corrected chi connectivity index (χ2v) is 3.41. The monoisotopic (exact) mass is 136 g/mol. The van der Waals surface area contributed by atoms with Crippen LogP contribution in [0.15, 0.2) is 0 Å². The SMILES string of the molecule is C#CCCC1CCCC1C. The third-order valence-corrected chi connectivity index (χ3v) is 2.70. The predicted octanol–water partition coefficient (Wildman–Crippen LogP) is 2.84. The van der Waals surface area contributed by atoms with E-state index in [0.717, 1.165) is 18.3 Å². The van der Waals surface area contributed by atoms with Gasteiger partial charge in [-0.3, -0.25) is 0 Å². The Hall–Kier alpha value is -0.440. The first kappa shape index (κ1) is 7.66. The lowest BCUT2D eigenvalue weighted by molar-refractivity contribution is 0.397. The lowest BCUT2D eigenvalue weighted by Crippen LogP contribution is -2.02. The molecule has 0 amide bonds. The Kier molecular flexibility index (Phi) is 2.81. The molecule has 2 atom stereocenters. The maximum absolute atomic E-state index is 5.20. The average molecular weight is 136 g/mol. The average Bonchev–Trinajstić information content (AvgIpc) is 2.31. The van der Waals surface area contributed by atoms with Gasteiger partial charge >= 0.3 is 0 Å². The van der Waals surface area contributed by atoms with Crippen molar-refractivity contribution in [1.82, 2.24) is 0 Å². The van der Waals surface area contributed by atoms with Crippen molar-refractivity contribution >= 4 is 0 Å². The fourth-order valence-corrected chi connectivity index (χ4v) is 1.92. The highest BCUT2D eigenvalue weighted by Crippen LogP contribution is 2.33. The van der Waals surface area contributed by atoms with Crippen molar-refractivity contribution < 1.29 is 0 Å². The lowest BCUT2D eigenvalue weighted by atomic mass is 9.93. The van der Waals surface area contributed by atoms with Crippen molar-refractivity contribution in [3.63, 3.8) is 0 Å². The normalized spacial score (nSPS) is 32.0. The van der Waals surface area contributed by atoms with Crippen LogP contribution in [-0.4, -0.2) is 0 Å². The first-order valence-corrected chi connectivity index (χ1v) is 4.28. The van der Waals surface area contributed by atoms with Gasteiger partial charge in [0.15, 0.2) is 0 Å². The van der Waals surface area contributed by atoms with Gasteiger partial charge in [-0.25, -0.2) is 0 Å². The summed E-state index contributed by atoms with van der Waals surface area (Å²) in [5.74, 6) is 4.59. The van der Waals surface area contributed by atoms with Gasteiger partial charge in [-0.1, -0.05) is 26.2 Å². The molecule has 0 spiro atoms. The minimum atomic E-state index is 0.938. The van der Waals surface area contributed by atoms with Crippen LogP contribution in [0.2, 0.25) is 0 Å². The highest BCUT2D eigenvalue weighted by atomic mass is 14.3. The first-order chi connectivity index (χ1) is 4.84. The zero-order valence-corrected chi connectivity index (χ0v) is 6.77. The summed E-state index contributed by atoms with van der Waals surface area (Å²) in [6.45, 7) is 2.36. The molecule has 0 aromatic heterocycles. The third kappa shape index (κ3) is 1.77. The molecule has 1 fully saturated rings. The molecule has 56 valence electrons. The maximum atomic E-state index is 5.20. The van der Waals surface area contributed by atoms with Crippen LogP contribution in [0.3, 0.4) is 0 Å². The molecular weight excluding hydrogens is 120 g/mol. The molecule has 0 aromatic carbocycles. The Morgan fingerprint density at radius 2 is 2.30 bits per heavy atom. The van der Waals surface area contributed by atoms with Gasteiger partial charge in [0.1, 0.15) is 0 Å². The molecule has 0 saturated heterocycles. The van der Waals surface area contributed by atoms with E-state index in [1.807, 2.05) is 0 Å². The van der Waals surface area contributed by atoms with Crippen LogP contribution in [0.1, 0.15) is 39.0 Å². The predicted molar refractivity (Wildman–Crippen MR) is 44.6 cm³/mol. The van der Waals surface area contributed by atoms with Crippen molar-refractivity contribution in [1.29, 1.82) is 0 Å². The second-order valence-electron chi connectivity index (χ2n) is 3.41. The van der Waals surface area contributed by atoms with Crippen LogP contribution in [0.25, 0.3) is 0 Å². The molecule has 0 aromatic rings. The Balaban J connectivity index is 2.21. The largest absolute Gasteiger partial charge is 0.120 e. The molecule has 0 N–H and O–H groups in total. The highest BCUT2D eigenvalue weighted by Gasteiger charge is 2.21. The fraction of sp³-hybridized carbons (Fsp3) is 0.800. The molecule has 10 heavy (non-hydrogen) atoms. The summed E-state index contributed by atoms with van der Waals surface area (Å²) in [7, 11) is 0. The van der Waals surface area contributed by atoms with E-state index >= 15 is 0 Å². The van der Waals surface area contributed by atoms with E-state index in [1.165, 1.54) is 25.7 Å². The fourth-order valence-electron chi connectivity index (χ4n) is 1.92. The first-order valence-electron chi connectivity index (χ1n) is 4.28. The molecule has 1 aliphatic rings. The Bertz CT molecular complexity index is 129. The smallest absolute Gasteiger partial charge is 0.00887 e. The van der Waals surface area contributed by atoms with E-state index in [4.69, 9.17) is 6.42 Å². The van der Waals surface area contributed by atoms with Crippen LogP contribution in [0, 0.1) is 24.2 Å². The molecule has 1 rings (SSSR count). The van der Waals surface area contributed by atoms with Gasteiger partial charge < -0.3 is 0 Å². The number of hydrogen-bond acceptors (Lipinski definition) is 0. The lowest BCUT2D eigenvalue weighted by Gasteiger charge is -2.12. The standard InChI is InChI=1S/C10H16/c1-3-4-7-10-8-5-6-9(10)2/h1,9-10H,4-8H2,2H3. The Labute approximate surface area is 64.0 Å². The van der Waals surface area contributed by atoms with E-state index < -0.39 is 0 Å². The van der Waals surface area contributed by atoms with Gasteiger partial charge in [-0.05, 0) is 18.3 Å². The highest BCUT2D eigenvalue weighted by molar-refractivity contribution is 4.86. The molecule has 0 radical (unpaired) electrons. The van der Waals surface area contributed by atoms with Gasteiger partial charge in [-0.2, -0.15) is 0 Å². The van der Waals surface area contributed by atoms with Crippen molar-refractivity contribution in [3.05, 3.63) is 0 Å². The van der Waals surface area contributed by atoms with E-state index in [9.17, 15) is 0 Å². The van der Waals surface area contributed by atoms with Crippen LogP contribution < -0.4 is 0 Å². The second kappa shape index (κ2) is 3.66. The topological polar surface area (TPSA) is 0 Å². The van der Waals surface area contributed by atoms with E-state index in [1.54, 1.807) is 0 Å². The van der Waals surface area contributed by atoms with Crippen LogP contribution in [-0.2, 0) is 0 Å². The zero-order valence-electron chi connectivity index (χ0n) is 6.77. The van der Waals surface area contributed by atoms with Gasteiger partial charge in [-0.15, -0.1) is 12.3 Å². The minimum Gasteiger partial charge on any atom is -0.120 e. The number of terminal acetylenes is 1. The van der Waals surface area contributed by atoms with Crippen molar-refractivity contribution in [2.75, 3.05) is 0 Å².